The number of rotatable bonds is 12. The van der Waals surface area contributed by atoms with Crippen LogP contribution < -0.4 is 0 Å². The summed E-state index contributed by atoms with van der Waals surface area (Å²) >= 11 is 0. The summed E-state index contributed by atoms with van der Waals surface area (Å²) in [6.07, 6.45) is 2.99. The molecule has 0 aliphatic carbocycles. The van der Waals surface area contributed by atoms with E-state index in [2.05, 4.69) is 19.9 Å². The summed E-state index contributed by atoms with van der Waals surface area (Å²) in [5.41, 5.74) is 2.40. The lowest BCUT2D eigenvalue weighted by atomic mass is 9.94. The van der Waals surface area contributed by atoms with Gasteiger partial charge in [-0.05, 0) is 31.7 Å². The van der Waals surface area contributed by atoms with Crippen LogP contribution in [-0.2, 0) is 20.8 Å². The largest absolute Gasteiger partial charge is 0.396 e. The average molecular weight is 350 g/mol. The lowest BCUT2D eigenvalue weighted by Gasteiger charge is -2.27. The van der Waals surface area contributed by atoms with E-state index in [1.807, 2.05) is 44.2 Å². The van der Waals surface area contributed by atoms with E-state index in [9.17, 15) is 5.11 Å². The molecule has 0 aliphatic rings. The molecule has 0 radical (unpaired) electrons. The molecule has 25 heavy (non-hydrogen) atoms. The molecule has 0 bridgehead atoms. The Morgan fingerprint density at radius 2 is 1.84 bits per heavy atom. The normalized spacial score (nSPS) is 17.1. The zero-order valence-corrected chi connectivity index (χ0v) is 16.3. The molecule has 1 aromatic rings. The summed E-state index contributed by atoms with van der Waals surface area (Å²) in [5, 5.41) is 9.18. The van der Waals surface area contributed by atoms with Crippen LogP contribution in [0.1, 0.15) is 39.7 Å². The number of ether oxygens (including phenoxy) is 3. The first kappa shape index (κ1) is 21.8. The van der Waals surface area contributed by atoms with E-state index in [4.69, 9.17) is 14.2 Å². The van der Waals surface area contributed by atoms with Gasteiger partial charge in [0, 0.05) is 19.6 Å². The van der Waals surface area contributed by atoms with Crippen LogP contribution in [0, 0.1) is 11.8 Å². The maximum atomic E-state index is 9.18. The average Bonchev–Trinajstić information content (AvgIpc) is 2.60. The van der Waals surface area contributed by atoms with Crippen molar-refractivity contribution in [1.82, 2.24) is 0 Å². The summed E-state index contributed by atoms with van der Waals surface area (Å²) in [5.74, 6) is 0.504. The first-order valence-electron chi connectivity index (χ1n) is 9.02. The Kier molecular flexibility index (Phi) is 10.7. The van der Waals surface area contributed by atoms with Gasteiger partial charge in [0.1, 0.15) is 6.79 Å². The fraction of sp³-hybridized carbons (Fsp3) is 0.619. The highest BCUT2D eigenvalue weighted by atomic mass is 16.7. The van der Waals surface area contributed by atoms with Gasteiger partial charge in [-0.2, -0.15) is 0 Å². The van der Waals surface area contributed by atoms with Crippen LogP contribution in [0.2, 0.25) is 0 Å². The molecule has 1 rings (SSSR count). The molecule has 0 fully saturated rings. The van der Waals surface area contributed by atoms with Crippen molar-refractivity contribution in [2.24, 2.45) is 11.8 Å². The van der Waals surface area contributed by atoms with E-state index in [0.717, 1.165) is 12.0 Å². The fourth-order valence-corrected chi connectivity index (χ4v) is 3.04. The molecule has 1 aromatic carbocycles. The van der Waals surface area contributed by atoms with Gasteiger partial charge in [-0.15, -0.1) is 0 Å². The van der Waals surface area contributed by atoms with Crippen LogP contribution in [0.4, 0.5) is 0 Å². The molecule has 0 saturated heterocycles. The van der Waals surface area contributed by atoms with Crippen LogP contribution in [0.5, 0.6) is 0 Å². The van der Waals surface area contributed by atoms with Crippen LogP contribution in [-0.4, -0.2) is 37.8 Å². The van der Waals surface area contributed by atoms with Crippen molar-refractivity contribution >= 4 is 0 Å². The number of benzene rings is 1. The molecule has 0 heterocycles. The zero-order chi connectivity index (χ0) is 18.7. The topological polar surface area (TPSA) is 47.9 Å². The third kappa shape index (κ3) is 8.63. The Hall–Kier alpha value is -1.20. The smallest absolute Gasteiger partial charge is 0.147 e. The van der Waals surface area contributed by atoms with E-state index in [-0.39, 0.29) is 37.4 Å². The van der Waals surface area contributed by atoms with Crippen LogP contribution in [0.3, 0.4) is 0 Å². The van der Waals surface area contributed by atoms with Crippen LogP contribution in [0.15, 0.2) is 42.0 Å². The second-order valence-corrected chi connectivity index (χ2v) is 6.89. The monoisotopic (exact) mass is 350 g/mol. The molecule has 0 aromatic heterocycles. The molecular weight excluding hydrogens is 316 g/mol. The third-order valence-corrected chi connectivity index (χ3v) is 4.31. The Bertz CT molecular complexity index is 486. The van der Waals surface area contributed by atoms with Crippen LogP contribution in [0.25, 0.3) is 0 Å². The maximum Gasteiger partial charge on any atom is 0.147 e. The Morgan fingerprint density at radius 3 is 2.44 bits per heavy atom. The SMILES string of the molecule is CO[C@H]([C@@H](C)/C=C(\C)C[C@H](C)CO)[C@@H](C)OCOCc1ccccc1. The number of aliphatic hydroxyl groups excluding tert-OH is 1. The molecule has 142 valence electrons. The highest BCUT2D eigenvalue weighted by Gasteiger charge is 2.23. The number of hydrogen-bond acceptors (Lipinski definition) is 4. The number of allylic oxidation sites excluding steroid dienone is 1. The molecule has 0 aliphatic heterocycles. The van der Waals surface area contributed by atoms with E-state index in [1.54, 1.807) is 7.11 Å². The Morgan fingerprint density at radius 1 is 1.16 bits per heavy atom. The summed E-state index contributed by atoms with van der Waals surface area (Å²) in [6, 6.07) is 10.0. The van der Waals surface area contributed by atoms with Crippen LogP contribution >= 0.6 is 0 Å². The van der Waals surface area contributed by atoms with E-state index in [0.29, 0.717) is 6.61 Å². The van der Waals surface area contributed by atoms with E-state index in [1.165, 1.54) is 5.57 Å². The molecule has 4 atom stereocenters. The third-order valence-electron chi connectivity index (χ3n) is 4.31. The predicted octanol–water partition coefficient (Wildman–Crippen LogP) is 4.18. The van der Waals surface area contributed by atoms with Crippen molar-refractivity contribution in [3.05, 3.63) is 47.5 Å². The van der Waals surface area contributed by atoms with E-state index < -0.39 is 0 Å². The summed E-state index contributed by atoms with van der Waals surface area (Å²) in [6.45, 7) is 9.29. The maximum absolute atomic E-state index is 9.18. The van der Waals surface area contributed by atoms with Crippen molar-refractivity contribution in [3.8, 4) is 0 Å². The van der Waals surface area contributed by atoms with Gasteiger partial charge in [0.25, 0.3) is 0 Å². The minimum atomic E-state index is -0.0740. The second-order valence-electron chi connectivity index (χ2n) is 6.89. The minimum Gasteiger partial charge on any atom is -0.396 e. The molecule has 4 nitrogen and oxygen atoms in total. The van der Waals surface area contributed by atoms with Crippen molar-refractivity contribution in [2.75, 3.05) is 20.5 Å². The van der Waals surface area contributed by atoms with Gasteiger partial charge in [-0.3, -0.25) is 0 Å². The molecule has 0 unspecified atom stereocenters. The summed E-state index contributed by atoms with van der Waals surface area (Å²) < 4.78 is 17.0. The lowest BCUT2D eigenvalue weighted by molar-refractivity contribution is -0.135. The number of aliphatic hydroxyl groups is 1. The number of methoxy groups -OCH3 is 1. The van der Waals surface area contributed by atoms with Gasteiger partial charge in [-0.25, -0.2) is 0 Å². The van der Waals surface area contributed by atoms with Gasteiger partial charge in [0.2, 0.25) is 0 Å². The highest BCUT2D eigenvalue weighted by molar-refractivity contribution is 5.13. The molecular formula is C21H34O4. The predicted molar refractivity (Wildman–Crippen MR) is 101 cm³/mol. The molecule has 0 spiro atoms. The van der Waals surface area contributed by atoms with Gasteiger partial charge >= 0.3 is 0 Å². The van der Waals surface area contributed by atoms with Crippen molar-refractivity contribution < 1.29 is 19.3 Å². The Labute approximate surface area is 152 Å². The highest BCUT2D eigenvalue weighted by Crippen LogP contribution is 2.20. The second kappa shape index (κ2) is 12.2. The van der Waals surface area contributed by atoms with Crippen molar-refractivity contribution in [1.29, 1.82) is 0 Å². The molecule has 4 heteroatoms. The summed E-state index contributed by atoms with van der Waals surface area (Å²) in [4.78, 5) is 0. The molecule has 0 amide bonds. The van der Waals surface area contributed by atoms with Gasteiger partial charge in [0.15, 0.2) is 0 Å². The van der Waals surface area contributed by atoms with Gasteiger partial charge < -0.3 is 19.3 Å². The first-order valence-corrected chi connectivity index (χ1v) is 9.02. The number of hydrogen-bond donors (Lipinski definition) is 1. The van der Waals surface area contributed by atoms with E-state index >= 15 is 0 Å². The Balaban J connectivity index is 2.41. The minimum absolute atomic E-state index is 0.0419. The molecule has 1 N–H and O–H groups in total. The lowest BCUT2D eigenvalue weighted by Crippen LogP contribution is -2.34. The fourth-order valence-electron chi connectivity index (χ4n) is 3.04. The van der Waals surface area contributed by atoms with Gasteiger partial charge in [0.05, 0.1) is 18.8 Å². The molecule has 0 saturated carbocycles. The zero-order valence-electron chi connectivity index (χ0n) is 16.3. The quantitative estimate of drug-likeness (QED) is 0.349. The van der Waals surface area contributed by atoms with Gasteiger partial charge in [-0.1, -0.05) is 55.8 Å². The van der Waals surface area contributed by atoms with Crippen molar-refractivity contribution in [2.45, 2.75) is 52.9 Å². The summed E-state index contributed by atoms with van der Waals surface area (Å²) in [7, 11) is 1.71. The first-order chi connectivity index (χ1) is 12.0. The van der Waals surface area contributed by atoms with Crippen molar-refractivity contribution in [3.63, 3.8) is 0 Å². The standard InChI is InChI=1S/C21H34O4/c1-16(11-17(2)13-22)12-18(3)21(23-5)19(4)25-15-24-14-20-9-7-6-8-10-20/h6-10,12,17-19,21-22H,11,13-15H2,1-5H3/b16-12+/t17-,18-,19+,21+/m0/s1.